The van der Waals surface area contributed by atoms with E-state index in [9.17, 15) is 10.1 Å². The summed E-state index contributed by atoms with van der Waals surface area (Å²) in [5.74, 6) is 0.240. The first-order valence-electron chi connectivity index (χ1n) is 7.49. The molecule has 1 aliphatic carbocycles. The fraction of sp³-hybridized carbons (Fsp3) is 0.471. The van der Waals surface area contributed by atoms with Crippen LogP contribution in [-0.2, 0) is 4.79 Å². The Morgan fingerprint density at radius 3 is 2.41 bits per heavy atom. The maximum Gasteiger partial charge on any atom is 0.262 e. The van der Waals surface area contributed by atoms with Crippen molar-refractivity contribution in [1.29, 1.82) is 10.5 Å². The SMILES string of the molecule is CC(Oc1ccc(C#N)cc1)C(=O)NC1(C#N)CCCCC1. The lowest BCUT2D eigenvalue weighted by molar-refractivity contribution is -0.129. The largest absolute Gasteiger partial charge is 0.481 e. The van der Waals surface area contributed by atoms with Crippen molar-refractivity contribution in [3.8, 4) is 17.9 Å². The fourth-order valence-corrected chi connectivity index (χ4v) is 2.62. The van der Waals surface area contributed by atoms with E-state index < -0.39 is 11.6 Å². The normalized spacial score (nSPS) is 17.6. The Labute approximate surface area is 130 Å². The first-order valence-corrected chi connectivity index (χ1v) is 7.49. The van der Waals surface area contributed by atoms with Crippen LogP contribution in [0.2, 0.25) is 0 Å². The van der Waals surface area contributed by atoms with E-state index in [1.165, 1.54) is 0 Å². The Balaban J connectivity index is 1.96. The van der Waals surface area contributed by atoms with Gasteiger partial charge in [-0.25, -0.2) is 0 Å². The Kier molecular flexibility index (Phi) is 5.01. The quantitative estimate of drug-likeness (QED) is 0.925. The van der Waals surface area contributed by atoms with Crippen LogP contribution in [0.3, 0.4) is 0 Å². The van der Waals surface area contributed by atoms with Gasteiger partial charge in [0.1, 0.15) is 11.3 Å². The van der Waals surface area contributed by atoms with Crippen molar-refractivity contribution in [2.45, 2.75) is 50.7 Å². The molecule has 0 heterocycles. The Hall–Kier alpha value is -2.53. The van der Waals surface area contributed by atoms with E-state index in [4.69, 9.17) is 10.00 Å². The van der Waals surface area contributed by atoms with E-state index in [2.05, 4.69) is 11.4 Å². The highest BCUT2D eigenvalue weighted by molar-refractivity contribution is 5.82. The molecule has 1 amide bonds. The minimum Gasteiger partial charge on any atom is -0.481 e. The van der Waals surface area contributed by atoms with E-state index in [0.717, 1.165) is 19.3 Å². The summed E-state index contributed by atoms with van der Waals surface area (Å²) in [6, 6.07) is 10.9. The average molecular weight is 297 g/mol. The van der Waals surface area contributed by atoms with Gasteiger partial charge in [0.25, 0.3) is 5.91 Å². The number of nitriles is 2. The maximum absolute atomic E-state index is 12.3. The lowest BCUT2D eigenvalue weighted by Gasteiger charge is -2.32. The fourth-order valence-electron chi connectivity index (χ4n) is 2.62. The molecule has 1 aliphatic rings. The van der Waals surface area contributed by atoms with Gasteiger partial charge in [0.15, 0.2) is 6.10 Å². The summed E-state index contributed by atoms with van der Waals surface area (Å²) in [7, 11) is 0. The number of hydrogen-bond donors (Lipinski definition) is 1. The summed E-state index contributed by atoms with van der Waals surface area (Å²) in [6.07, 6.45) is 3.71. The van der Waals surface area contributed by atoms with Crippen molar-refractivity contribution in [2.24, 2.45) is 0 Å². The predicted octanol–water partition coefficient (Wildman–Crippen LogP) is 2.67. The Morgan fingerprint density at radius 1 is 1.23 bits per heavy atom. The zero-order chi connectivity index (χ0) is 16.0. The molecule has 0 aromatic heterocycles. The summed E-state index contributed by atoms with van der Waals surface area (Å²) in [4.78, 5) is 12.3. The van der Waals surface area contributed by atoms with Gasteiger partial charge in [-0.2, -0.15) is 10.5 Å². The van der Waals surface area contributed by atoms with E-state index in [0.29, 0.717) is 24.2 Å². The lowest BCUT2D eigenvalue weighted by atomic mass is 9.83. The second kappa shape index (κ2) is 6.95. The molecule has 5 nitrogen and oxygen atoms in total. The molecule has 2 rings (SSSR count). The van der Waals surface area contributed by atoms with Gasteiger partial charge in [-0.1, -0.05) is 19.3 Å². The zero-order valence-corrected chi connectivity index (χ0v) is 12.6. The van der Waals surface area contributed by atoms with Gasteiger partial charge in [-0.15, -0.1) is 0 Å². The third-order valence-electron chi connectivity index (χ3n) is 3.95. The van der Waals surface area contributed by atoms with E-state index in [1.54, 1.807) is 31.2 Å². The van der Waals surface area contributed by atoms with E-state index in [1.807, 2.05) is 6.07 Å². The molecule has 5 heteroatoms. The van der Waals surface area contributed by atoms with Crippen LogP contribution in [0.5, 0.6) is 5.75 Å². The number of rotatable bonds is 4. The number of carbonyl (C=O) groups excluding carboxylic acids is 1. The zero-order valence-electron chi connectivity index (χ0n) is 12.6. The summed E-state index contributed by atoms with van der Waals surface area (Å²) >= 11 is 0. The molecule has 114 valence electrons. The van der Waals surface area contributed by atoms with E-state index >= 15 is 0 Å². The van der Waals surface area contributed by atoms with Crippen LogP contribution in [0, 0.1) is 22.7 Å². The van der Waals surface area contributed by atoms with Crippen molar-refractivity contribution in [2.75, 3.05) is 0 Å². The second-order valence-corrected chi connectivity index (χ2v) is 5.64. The van der Waals surface area contributed by atoms with Crippen molar-refractivity contribution in [3.05, 3.63) is 29.8 Å². The predicted molar refractivity (Wildman–Crippen MR) is 80.8 cm³/mol. The van der Waals surface area contributed by atoms with Crippen LogP contribution in [0.4, 0.5) is 0 Å². The smallest absolute Gasteiger partial charge is 0.262 e. The van der Waals surface area contributed by atoms with Gasteiger partial charge in [-0.3, -0.25) is 4.79 Å². The lowest BCUT2D eigenvalue weighted by Crippen LogP contribution is -2.52. The molecule has 1 aromatic rings. The van der Waals surface area contributed by atoms with Crippen molar-refractivity contribution in [1.82, 2.24) is 5.32 Å². The molecular formula is C17H19N3O2. The average Bonchev–Trinajstić information content (AvgIpc) is 2.56. The molecule has 0 bridgehead atoms. The van der Waals surface area contributed by atoms with Gasteiger partial charge < -0.3 is 10.1 Å². The molecular weight excluding hydrogens is 278 g/mol. The molecule has 22 heavy (non-hydrogen) atoms. The molecule has 0 saturated heterocycles. The monoisotopic (exact) mass is 297 g/mol. The Bertz CT molecular complexity index is 604. The van der Waals surface area contributed by atoms with Crippen LogP contribution >= 0.6 is 0 Å². The first kappa shape index (κ1) is 15.9. The highest BCUT2D eigenvalue weighted by atomic mass is 16.5. The molecule has 1 saturated carbocycles. The van der Waals surface area contributed by atoms with Gasteiger partial charge in [0.05, 0.1) is 17.7 Å². The van der Waals surface area contributed by atoms with Crippen LogP contribution in [0.1, 0.15) is 44.6 Å². The standard InChI is InChI=1S/C17H19N3O2/c1-13(22-15-7-5-14(11-18)6-8-15)16(21)20-17(12-19)9-3-2-4-10-17/h5-8,13H,2-4,9-10H2,1H3,(H,20,21). The molecule has 0 spiro atoms. The van der Waals surface area contributed by atoms with Gasteiger partial charge in [0.2, 0.25) is 0 Å². The second-order valence-electron chi connectivity index (χ2n) is 5.64. The number of nitrogens with zero attached hydrogens (tertiary/aromatic N) is 2. The number of nitrogens with one attached hydrogen (secondary N) is 1. The van der Waals surface area contributed by atoms with Gasteiger partial charge in [0, 0.05) is 0 Å². The number of carbonyl (C=O) groups is 1. The molecule has 0 aliphatic heterocycles. The minimum absolute atomic E-state index is 0.284. The van der Waals surface area contributed by atoms with Gasteiger partial charge in [-0.05, 0) is 44.0 Å². The molecule has 1 aromatic carbocycles. The van der Waals surface area contributed by atoms with Gasteiger partial charge >= 0.3 is 0 Å². The number of ether oxygens (including phenoxy) is 1. The first-order chi connectivity index (χ1) is 10.6. The topological polar surface area (TPSA) is 85.9 Å². The molecule has 1 N–H and O–H groups in total. The molecule has 0 radical (unpaired) electrons. The van der Waals surface area contributed by atoms with Crippen LogP contribution < -0.4 is 10.1 Å². The highest BCUT2D eigenvalue weighted by Gasteiger charge is 2.35. The van der Waals surface area contributed by atoms with E-state index in [-0.39, 0.29) is 5.91 Å². The summed E-state index contributed by atoms with van der Waals surface area (Å²) in [6.45, 7) is 1.65. The van der Waals surface area contributed by atoms with Crippen molar-refractivity contribution >= 4 is 5.91 Å². The third-order valence-corrected chi connectivity index (χ3v) is 3.95. The highest BCUT2D eigenvalue weighted by Crippen LogP contribution is 2.27. The molecule has 1 fully saturated rings. The Morgan fingerprint density at radius 2 is 1.86 bits per heavy atom. The van der Waals surface area contributed by atoms with Crippen LogP contribution in [-0.4, -0.2) is 17.6 Å². The van der Waals surface area contributed by atoms with Crippen LogP contribution in [0.15, 0.2) is 24.3 Å². The summed E-state index contributed by atoms with van der Waals surface area (Å²) in [5.41, 5.74) is -0.215. The third kappa shape index (κ3) is 3.77. The van der Waals surface area contributed by atoms with Crippen LogP contribution in [0.25, 0.3) is 0 Å². The van der Waals surface area contributed by atoms with Crippen molar-refractivity contribution < 1.29 is 9.53 Å². The minimum atomic E-state index is -0.752. The number of amides is 1. The maximum atomic E-state index is 12.3. The molecule has 1 unspecified atom stereocenters. The number of hydrogen-bond acceptors (Lipinski definition) is 4. The number of benzene rings is 1. The summed E-state index contributed by atoms with van der Waals surface area (Å²) < 4.78 is 5.58. The van der Waals surface area contributed by atoms with Crippen molar-refractivity contribution in [3.63, 3.8) is 0 Å². The molecule has 1 atom stereocenters. The summed E-state index contributed by atoms with van der Waals surface area (Å²) in [5, 5.41) is 21.0.